The highest BCUT2D eigenvalue weighted by Crippen LogP contribution is 2.18. The zero-order valence-corrected chi connectivity index (χ0v) is 10.2. The molecule has 1 N–H and O–H groups in total. The Bertz CT molecular complexity index is 173. The van der Waals surface area contributed by atoms with E-state index in [-0.39, 0.29) is 5.91 Å². The van der Waals surface area contributed by atoms with Crippen LogP contribution in [0, 0.1) is 5.41 Å². The average molecular weight is 200 g/mol. The molecule has 0 aliphatic carbocycles. The topological polar surface area (TPSA) is 32.3 Å². The molecule has 0 unspecified atom stereocenters. The molecule has 0 aromatic rings. The molecule has 14 heavy (non-hydrogen) atoms. The Balaban J connectivity index is 3.73. The van der Waals surface area contributed by atoms with Crippen LogP contribution >= 0.6 is 0 Å². The van der Waals surface area contributed by atoms with Gasteiger partial charge in [-0.1, -0.05) is 20.8 Å². The molecule has 1 amide bonds. The van der Waals surface area contributed by atoms with E-state index in [2.05, 4.69) is 26.1 Å². The third-order valence-electron chi connectivity index (χ3n) is 2.21. The molecule has 0 atom stereocenters. The number of hydrogen-bond donors (Lipinski definition) is 1. The maximum atomic E-state index is 11.5. The highest BCUT2D eigenvalue weighted by atomic mass is 16.2. The van der Waals surface area contributed by atoms with Gasteiger partial charge >= 0.3 is 0 Å². The van der Waals surface area contributed by atoms with Gasteiger partial charge in [0.15, 0.2) is 0 Å². The quantitative estimate of drug-likeness (QED) is 0.729. The van der Waals surface area contributed by atoms with Crippen molar-refractivity contribution >= 4 is 5.91 Å². The van der Waals surface area contributed by atoms with Crippen LogP contribution < -0.4 is 5.32 Å². The summed E-state index contributed by atoms with van der Waals surface area (Å²) in [6.07, 6.45) is 1.64. The van der Waals surface area contributed by atoms with Crippen LogP contribution in [-0.2, 0) is 4.79 Å². The van der Waals surface area contributed by atoms with Crippen LogP contribution in [0.4, 0.5) is 0 Å². The fourth-order valence-electron chi connectivity index (χ4n) is 1.05. The summed E-state index contributed by atoms with van der Waals surface area (Å²) in [7, 11) is 3.74. The lowest BCUT2D eigenvalue weighted by atomic mass is 9.92. The van der Waals surface area contributed by atoms with E-state index in [4.69, 9.17) is 0 Å². The summed E-state index contributed by atoms with van der Waals surface area (Å²) in [4.78, 5) is 13.3. The summed E-state index contributed by atoms with van der Waals surface area (Å²) in [6.45, 7) is 8.20. The fourth-order valence-corrected chi connectivity index (χ4v) is 1.05. The Hall–Kier alpha value is -0.570. The summed E-state index contributed by atoms with van der Waals surface area (Å²) in [5, 5.41) is 2.98. The molecule has 0 bridgehead atoms. The van der Waals surface area contributed by atoms with Crippen LogP contribution in [-0.4, -0.2) is 38.0 Å². The van der Waals surface area contributed by atoms with E-state index < -0.39 is 0 Å². The number of rotatable bonds is 5. The Morgan fingerprint density at radius 2 is 1.93 bits per heavy atom. The van der Waals surface area contributed by atoms with E-state index in [0.29, 0.717) is 11.8 Å². The summed E-state index contributed by atoms with van der Waals surface area (Å²) >= 11 is 0. The molecule has 0 aromatic heterocycles. The number of carbonyl (C=O) groups excluding carboxylic acids is 1. The Morgan fingerprint density at radius 3 is 2.36 bits per heavy atom. The predicted molar refractivity (Wildman–Crippen MR) is 60.3 cm³/mol. The average Bonchev–Trinajstić information content (AvgIpc) is 2.09. The normalized spacial score (nSPS) is 11.5. The number of nitrogens with one attached hydrogen (secondary N) is 1. The number of amides is 1. The fraction of sp³-hybridized carbons (Fsp3) is 0.909. The molecular weight excluding hydrogens is 176 g/mol. The first-order valence-corrected chi connectivity index (χ1v) is 5.25. The standard InChI is InChI=1S/C11H24N2O/c1-11(2,3)7-9-13(5)10(14)6-8-12-4/h12H,6-9H2,1-5H3. The van der Waals surface area contributed by atoms with Crippen molar-refractivity contribution in [2.24, 2.45) is 5.41 Å². The van der Waals surface area contributed by atoms with Gasteiger partial charge in [0.1, 0.15) is 0 Å². The monoisotopic (exact) mass is 200 g/mol. The SMILES string of the molecule is CNCCC(=O)N(C)CCC(C)(C)C. The smallest absolute Gasteiger partial charge is 0.223 e. The van der Waals surface area contributed by atoms with Gasteiger partial charge in [0.25, 0.3) is 0 Å². The first kappa shape index (κ1) is 13.4. The molecule has 0 saturated carbocycles. The second-order valence-corrected chi connectivity index (χ2v) is 4.98. The molecular formula is C11H24N2O. The predicted octanol–water partition coefficient (Wildman–Crippen LogP) is 1.49. The number of nitrogens with zero attached hydrogens (tertiary/aromatic N) is 1. The minimum atomic E-state index is 0.226. The first-order chi connectivity index (χ1) is 6.37. The second-order valence-electron chi connectivity index (χ2n) is 4.98. The van der Waals surface area contributed by atoms with Crippen LogP contribution in [0.3, 0.4) is 0 Å². The first-order valence-electron chi connectivity index (χ1n) is 5.25. The van der Waals surface area contributed by atoms with E-state index >= 15 is 0 Å². The van der Waals surface area contributed by atoms with Gasteiger partial charge in [0.05, 0.1) is 0 Å². The molecule has 0 aliphatic rings. The Morgan fingerprint density at radius 1 is 1.36 bits per heavy atom. The van der Waals surface area contributed by atoms with Gasteiger partial charge in [-0.15, -0.1) is 0 Å². The van der Waals surface area contributed by atoms with Crippen LogP contribution in [0.25, 0.3) is 0 Å². The van der Waals surface area contributed by atoms with Crippen molar-refractivity contribution in [1.29, 1.82) is 0 Å². The molecule has 0 rings (SSSR count). The lowest BCUT2D eigenvalue weighted by molar-refractivity contribution is -0.130. The Labute approximate surface area is 87.9 Å². The summed E-state index contributed by atoms with van der Waals surface area (Å²) in [6, 6.07) is 0. The van der Waals surface area contributed by atoms with Gasteiger partial charge in [0.2, 0.25) is 5.91 Å². The highest BCUT2D eigenvalue weighted by molar-refractivity contribution is 5.76. The van der Waals surface area contributed by atoms with Crippen molar-refractivity contribution in [3.05, 3.63) is 0 Å². The molecule has 3 nitrogen and oxygen atoms in total. The summed E-state index contributed by atoms with van der Waals surface area (Å²) in [5.74, 6) is 0.226. The minimum Gasteiger partial charge on any atom is -0.346 e. The van der Waals surface area contributed by atoms with E-state index in [1.54, 1.807) is 0 Å². The van der Waals surface area contributed by atoms with Gasteiger partial charge in [-0.25, -0.2) is 0 Å². The van der Waals surface area contributed by atoms with Crippen molar-refractivity contribution in [2.75, 3.05) is 27.2 Å². The zero-order valence-electron chi connectivity index (χ0n) is 10.2. The van der Waals surface area contributed by atoms with E-state index in [1.165, 1.54) is 0 Å². The second kappa shape index (κ2) is 6.02. The third-order valence-corrected chi connectivity index (χ3v) is 2.21. The zero-order chi connectivity index (χ0) is 11.2. The van der Waals surface area contributed by atoms with Gasteiger partial charge < -0.3 is 10.2 Å². The summed E-state index contributed by atoms with van der Waals surface area (Å²) in [5.41, 5.74) is 0.303. The molecule has 3 heteroatoms. The molecule has 0 spiro atoms. The number of hydrogen-bond acceptors (Lipinski definition) is 2. The Kier molecular flexibility index (Phi) is 5.77. The van der Waals surface area contributed by atoms with Crippen LogP contribution in [0.5, 0.6) is 0 Å². The summed E-state index contributed by atoms with van der Waals surface area (Å²) < 4.78 is 0. The molecule has 0 aliphatic heterocycles. The molecule has 0 radical (unpaired) electrons. The molecule has 0 saturated heterocycles. The van der Waals surface area contributed by atoms with Gasteiger partial charge in [0, 0.05) is 26.6 Å². The number of carbonyl (C=O) groups is 1. The molecule has 0 aromatic carbocycles. The van der Waals surface area contributed by atoms with E-state index in [9.17, 15) is 4.79 Å². The van der Waals surface area contributed by atoms with Crippen molar-refractivity contribution in [3.63, 3.8) is 0 Å². The lowest BCUT2D eigenvalue weighted by Gasteiger charge is -2.23. The molecule has 84 valence electrons. The highest BCUT2D eigenvalue weighted by Gasteiger charge is 2.13. The van der Waals surface area contributed by atoms with Crippen LogP contribution in [0.15, 0.2) is 0 Å². The van der Waals surface area contributed by atoms with Gasteiger partial charge in [-0.2, -0.15) is 0 Å². The maximum absolute atomic E-state index is 11.5. The van der Waals surface area contributed by atoms with Gasteiger partial charge in [-0.3, -0.25) is 4.79 Å². The lowest BCUT2D eigenvalue weighted by Crippen LogP contribution is -2.31. The van der Waals surface area contributed by atoms with Crippen molar-refractivity contribution < 1.29 is 4.79 Å². The van der Waals surface area contributed by atoms with Gasteiger partial charge in [-0.05, 0) is 18.9 Å². The third kappa shape index (κ3) is 6.89. The minimum absolute atomic E-state index is 0.226. The van der Waals surface area contributed by atoms with E-state index in [0.717, 1.165) is 19.5 Å². The van der Waals surface area contributed by atoms with E-state index in [1.807, 2.05) is 19.0 Å². The van der Waals surface area contributed by atoms with Crippen molar-refractivity contribution in [2.45, 2.75) is 33.6 Å². The molecule has 0 fully saturated rings. The van der Waals surface area contributed by atoms with Crippen LogP contribution in [0.2, 0.25) is 0 Å². The molecule has 0 heterocycles. The largest absolute Gasteiger partial charge is 0.346 e. The van der Waals surface area contributed by atoms with Crippen LogP contribution in [0.1, 0.15) is 33.6 Å². The maximum Gasteiger partial charge on any atom is 0.223 e. The van der Waals surface area contributed by atoms with Crippen molar-refractivity contribution in [3.8, 4) is 0 Å². The van der Waals surface area contributed by atoms with Crippen molar-refractivity contribution in [1.82, 2.24) is 10.2 Å².